The number of aromatic nitrogens is 2. The molecule has 1 aromatic heterocycles. The maximum absolute atomic E-state index is 13.1. The van der Waals surface area contributed by atoms with Crippen molar-refractivity contribution in [3.05, 3.63) is 60.4 Å². The van der Waals surface area contributed by atoms with Crippen LogP contribution in [0.4, 0.5) is 5.69 Å². The van der Waals surface area contributed by atoms with Gasteiger partial charge in [-0.3, -0.25) is 9.59 Å². The summed E-state index contributed by atoms with van der Waals surface area (Å²) in [5, 5.41) is 3.15. The average Bonchev–Trinajstić information content (AvgIpc) is 3.18. The summed E-state index contributed by atoms with van der Waals surface area (Å²) < 4.78 is 1.93. The van der Waals surface area contributed by atoms with Gasteiger partial charge in [0.15, 0.2) is 0 Å². The first kappa shape index (κ1) is 21.1. The molecule has 31 heavy (non-hydrogen) atoms. The smallest absolute Gasteiger partial charge is 0.246 e. The van der Waals surface area contributed by atoms with E-state index < -0.39 is 0 Å². The van der Waals surface area contributed by atoms with Gasteiger partial charge in [-0.1, -0.05) is 49.6 Å². The van der Waals surface area contributed by atoms with Gasteiger partial charge in [-0.2, -0.15) is 0 Å². The van der Waals surface area contributed by atoms with Crippen LogP contribution in [0.3, 0.4) is 0 Å². The van der Waals surface area contributed by atoms with Gasteiger partial charge < -0.3 is 14.8 Å². The molecule has 2 amide bonds. The molecule has 1 N–H and O–H groups in total. The number of carbonyl (C=O) groups excluding carboxylic acids is 2. The lowest BCUT2D eigenvalue weighted by Crippen LogP contribution is -2.36. The van der Waals surface area contributed by atoms with Crippen LogP contribution in [0, 0.1) is 5.92 Å². The highest BCUT2D eigenvalue weighted by atomic mass is 16.2. The number of hydrogen-bond donors (Lipinski definition) is 1. The van der Waals surface area contributed by atoms with Crippen LogP contribution in [0.25, 0.3) is 11.0 Å². The third kappa shape index (κ3) is 4.63. The van der Waals surface area contributed by atoms with Crippen molar-refractivity contribution >= 4 is 28.5 Å². The SMILES string of the molecule is CC(NC(=O)C1CCCCC1)c1nc2ccccc2n1CC(=O)N(C)c1ccccc1. The Kier molecular flexibility index (Phi) is 6.35. The Morgan fingerprint density at radius 3 is 2.48 bits per heavy atom. The van der Waals surface area contributed by atoms with Gasteiger partial charge in [-0.15, -0.1) is 0 Å². The Hall–Kier alpha value is -3.15. The first-order chi connectivity index (χ1) is 15.0. The van der Waals surface area contributed by atoms with Crippen LogP contribution in [-0.4, -0.2) is 28.4 Å². The first-order valence-corrected chi connectivity index (χ1v) is 11.1. The number of imidazole rings is 1. The second-order valence-corrected chi connectivity index (χ2v) is 8.40. The Bertz CT molecular complexity index is 1050. The topological polar surface area (TPSA) is 67.2 Å². The summed E-state index contributed by atoms with van der Waals surface area (Å²) in [5.74, 6) is 0.847. The van der Waals surface area contributed by atoms with Crippen LogP contribution in [0.1, 0.15) is 50.9 Å². The van der Waals surface area contributed by atoms with Gasteiger partial charge >= 0.3 is 0 Å². The molecule has 1 fully saturated rings. The van der Waals surface area contributed by atoms with Crippen molar-refractivity contribution in [3.8, 4) is 0 Å². The van der Waals surface area contributed by atoms with E-state index in [0.29, 0.717) is 5.82 Å². The monoisotopic (exact) mass is 418 g/mol. The summed E-state index contributed by atoms with van der Waals surface area (Å²) in [7, 11) is 1.78. The maximum atomic E-state index is 13.1. The van der Waals surface area contributed by atoms with Crippen molar-refractivity contribution in [2.45, 2.75) is 51.6 Å². The fourth-order valence-electron chi connectivity index (χ4n) is 4.39. The van der Waals surface area contributed by atoms with Crippen LogP contribution < -0.4 is 10.2 Å². The molecular formula is C25H30N4O2. The summed E-state index contributed by atoms with van der Waals surface area (Å²) >= 11 is 0. The zero-order valence-electron chi connectivity index (χ0n) is 18.3. The molecular weight excluding hydrogens is 388 g/mol. The van der Waals surface area contributed by atoms with Crippen LogP contribution in [0.15, 0.2) is 54.6 Å². The minimum atomic E-state index is -0.281. The van der Waals surface area contributed by atoms with Crippen LogP contribution in [0.5, 0.6) is 0 Å². The number of para-hydroxylation sites is 3. The van der Waals surface area contributed by atoms with Crippen molar-refractivity contribution < 1.29 is 9.59 Å². The summed E-state index contributed by atoms with van der Waals surface area (Å²) in [6.45, 7) is 2.11. The fourth-order valence-corrected chi connectivity index (χ4v) is 4.39. The van der Waals surface area contributed by atoms with Crippen LogP contribution >= 0.6 is 0 Å². The molecule has 6 heteroatoms. The quantitative estimate of drug-likeness (QED) is 0.643. The lowest BCUT2D eigenvalue weighted by atomic mass is 9.88. The van der Waals surface area contributed by atoms with E-state index in [2.05, 4.69) is 5.32 Å². The maximum Gasteiger partial charge on any atom is 0.246 e. The number of fused-ring (bicyclic) bond motifs is 1. The minimum absolute atomic E-state index is 0.0404. The summed E-state index contributed by atoms with van der Waals surface area (Å²) in [5.41, 5.74) is 2.56. The fraction of sp³-hybridized carbons (Fsp3) is 0.400. The standard InChI is InChI=1S/C25H30N4O2/c1-18(26-25(31)19-11-5-3-6-12-19)24-27-21-15-9-10-16-22(21)29(24)17-23(30)28(2)20-13-7-4-8-14-20/h4,7-10,13-16,18-19H,3,5-6,11-12,17H2,1-2H3,(H,26,31). The molecule has 1 unspecified atom stereocenters. The Morgan fingerprint density at radius 2 is 1.74 bits per heavy atom. The second-order valence-electron chi connectivity index (χ2n) is 8.40. The van der Waals surface area contributed by atoms with Gasteiger partial charge in [-0.05, 0) is 44.0 Å². The number of hydrogen-bond acceptors (Lipinski definition) is 3. The molecule has 162 valence electrons. The second kappa shape index (κ2) is 9.33. The number of nitrogens with one attached hydrogen (secondary N) is 1. The van der Waals surface area contributed by atoms with Gasteiger partial charge in [0, 0.05) is 18.7 Å². The molecule has 1 saturated carbocycles. The molecule has 0 bridgehead atoms. The molecule has 1 heterocycles. The number of rotatable bonds is 6. The van der Waals surface area contributed by atoms with Crippen LogP contribution in [0.2, 0.25) is 0 Å². The molecule has 3 aromatic rings. The molecule has 4 rings (SSSR count). The van der Waals surface area contributed by atoms with Crippen molar-refractivity contribution in [2.75, 3.05) is 11.9 Å². The van der Waals surface area contributed by atoms with E-state index in [-0.39, 0.29) is 30.3 Å². The Balaban J connectivity index is 1.58. The van der Waals surface area contributed by atoms with Crippen molar-refractivity contribution in [2.24, 2.45) is 5.92 Å². The third-order valence-corrected chi connectivity index (χ3v) is 6.22. The van der Waals surface area contributed by atoms with Crippen LogP contribution in [-0.2, 0) is 16.1 Å². The lowest BCUT2D eigenvalue weighted by Gasteiger charge is -2.24. The highest BCUT2D eigenvalue weighted by Gasteiger charge is 2.25. The summed E-state index contributed by atoms with van der Waals surface area (Å²) in [4.78, 5) is 32.3. The van der Waals surface area contributed by atoms with E-state index in [4.69, 9.17) is 4.98 Å². The molecule has 1 atom stereocenters. The van der Waals surface area contributed by atoms with Gasteiger partial charge in [0.2, 0.25) is 11.8 Å². The largest absolute Gasteiger partial charge is 0.346 e. The zero-order chi connectivity index (χ0) is 21.8. The summed E-state index contributed by atoms with van der Waals surface area (Å²) in [6, 6.07) is 17.1. The predicted octanol–water partition coefficient (Wildman–Crippen LogP) is 4.46. The van der Waals surface area contributed by atoms with Gasteiger partial charge in [0.05, 0.1) is 17.1 Å². The number of carbonyl (C=O) groups is 2. The van der Waals surface area contributed by atoms with E-state index in [9.17, 15) is 9.59 Å². The van der Waals surface area contributed by atoms with E-state index >= 15 is 0 Å². The van der Waals surface area contributed by atoms with E-state index in [0.717, 1.165) is 42.4 Å². The lowest BCUT2D eigenvalue weighted by molar-refractivity contribution is -0.126. The average molecular weight is 419 g/mol. The Labute approximate surface area is 183 Å². The predicted molar refractivity (Wildman–Crippen MR) is 123 cm³/mol. The molecule has 0 radical (unpaired) electrons. The van der Waals surface area contributed by atoms with Gasteiger partial charge in [-0.25, -0.2) is 4.98 Å². The third-order valence-electron chi connectivity index (χ3n) is 6.22. The highest BCUT2D eigenvalue weighted by Crippen LogP contribution is 2.26. The van der Waals surface area contributed by atoms with E-state index in [1.807, 2.05) is 66.1 Å². The zero-order valence-corrected chi connectivity index (χ0v) is 18.3. The Morgan fingerprint density at radius 1 is 1.06 bits per heavy atom. The van der Waals surface area contributed by atoms with Gasteiger partial charge in [0.25, 0.3) is 0 Å². The number of anilines is 1. The molecule has 2 aromatic carbocycles. The van der Waals surface area contributed by atoms with Crippen molar-refractivity contribution in [1.29, 1.82) is 0 Å². The number of benzene rings is 2. The molecule has 0 saturated heterocycles. The van der Waals surface area contributed by atoms with Crippen molar-refractivity contribution in [1.82, 2.24) is 14.9 Å². The van der Waals surface area contributed by atoms with Gasteiger partial charge in [0.1, 0.15) is 12.4 Å². The number of likely N-dealkylation sites (N-methyl/N-ethyl adjacent to an activating group) is 1. The number of amides is 2. The van der Waals surface area contributed by atoms with Crippen molar-refractivity contribution in [3.63, 3.8) is 0 Å². The summed E-state index contributed by atoms with van der Waals surface area (Å²) in [6.07, 6.45) is 5.35. The molecule has 1 aliphatic carbocycles. The molecule has 0 aliphatic heterocycles. The highest BCUT2D eigenvalue weighted by molar-refractivity contribution is 5.93. The molecule has 0 spiro atoms. The minimum Gasteiger partial charge on any atom is -0.346 e. The molecule has 1 aliphatic rings. The van der Waals surface area contributed by atoms with E-state index in [1.165, 1.54) is 6.42 Å². The normalized spacial score (nSPS) is 15.5. The number of nitrogens with zero attached hydrogens (tertiary/aromatic N) is 3. The van der Waals surface area contributed by atoms with E-state index in [1.54, 1.807) is 11.9 Å². The molecule has 6 nitrogen and oxygen atoms in total. The first-order valence-electron chi connectivity index (χ1n) is 11.1.